The molecule has 2 N–H and O–H groups in total. The van der Waals surface area contributed by atoms with Crippen molar-refractivity contribution in [2.75, 3.05) is 30.3 Å². The van der Waals surface area contributed by atoms with Crippen molar-refractivity contribution < 1.29 is 17.9 Å². The summed E-state index contributed by atoms with van der Waals surface area (Å²) in [5.41, 5.74) is 7.93. The van der Waals surface area contributed by atoms with Crippen molar-refractivity contribution in [2.24, 2.45) is 11.8 Å². The van der Waals surface area contributed by atoms with Crippen LogP contribution in [-0.4, -0.2) is 30.9 Å². The first-order chi connectivity index (χ1) is 9.86. The average molecular weight is 301 g/mol. The summed E-state index contributed by atoms with van der Waals surface area (Å²) < 4.78 is 44.6. The van der Waals surface area contributed by atoms with Crippen LogP contribution in [0.3, 0.4) is 0 Å². The minimum Gasteiger partial charge on any atom is -0.477 e. The Bertz CT molecular complexity index is 547. The summed E-state index contributed by atoms with van der Waals surface area (Å²) in [5, 5.41) is 0. The lowest BCUT2D eigenvalue weighted by molar-refractivity contribution is -0.178. The van der Waals surface area contributed by atoms with Gasteiger partial charge in [0.1, 0.15) is 0 Å². The third-order valence-electron chi connectivity index (χ3n) is 4.17. The second kappa shape index (κ2) is 4.96. The topological polar surface area (TPSA) is 51.4 Å². The number of aromatic nitrogens is 1. The van der Waals surface area contributed by atoms with Gasteiger partial charge in [0.25, 0.3) is 0 Å². The van der Waals surface area contributed by atoms with Crippen LogP contribution in [0.2, 0.25) is 0 Å². The van der Waals surface area contributed by atoms with Gasteiger partial charge in [-0.1, -0.05) is 6.92 Å². The van der Waals surface area contributed by atoms with Gasteiger partial charge in [-0.2, -0.15) is 13.2 Å². The number of hydrogen-bond donors (Lipinski definition) is 1. The number of anilines is 2. The monoisotopic (exact) mass is 301 g/mol. The molecule has 0 aliphatic carbocycles. The summed E-state index contributed by atoms with van der Waals surface area (Å²) in [4.78, 5) is 5.87. The maximum Gasteiger partial charge on any atom is 0.393 e. The number of rotatable bonds is 1. The number of nitrogens with zero attached hydrogens (tertiary/aromatic N) is 2. The first kappa shape index (κ1) is 14.3. The Kier molecular flexibility index (Phi) is 3.37. The molecule has 3 heterocycles. The zero-order chi connectivity index (χ0) is 15.2. The van der Waals surface area contributed by atoms with Gasteiger partial charge >= 0.3 is 6.18 Å². The first-order valence-corrected chi connectivity index (χ1v) is 7.08. The molecule has 1 aromatic heterocycles. The molecule has 3 rings (SSSR count). The van der Waals surface area contributed by atoms with E-state index in [1.165, 1.54) is 6.20 Å². The molecule has 0 saturated carbocycles. The van der Waals surface area contributed by atoms with Crippen molar-refractivity contribution in [3.05, 3.63) is 11.8 Å². The summed E-state index contributed by atoms with van der Waals surface area (Å²) in [6.07, 6.45) is -1.89. The van der Waals surface area contributed by atoms with E-state index in [-0.39, 0.29) is 18.9 Å². The van der Waals surface area contributed by atoms with Gasteiger partial charge in [0, 0.05) is 25.1 Å². The van der Waals surface area contributed by atoms with Crippen molar-refractivity contribution in [2.45, 2.75) is 25.9 Å². The number of pyridine rings is 1. The average Bonchev–Trinajstić information content (AvgIpc) is 2.84. The van der Waals surface area contributed by atoms with Crippen molar-refractivity contribution >= 4 is 11.4 Å². The lowest BCUT2D eigenvalue weighted by Gasteiger charge is -2.39. The predicted octanol–water partition coefficient (Wildman–Crippen LogP) is 2.62. The second-order valence-electron chi connectivity index (χ2n) is 5.93. The molecule has 4 nitrogen and oxygen atoms in total. The van der Waals surface area contributed by atoms with E-state index in [0.717, 1.165) is 5.56 Å². The highest BCUT2D eigenvalue weighted by Gasteiger charge is 2.44. The number of fused-ring (bicyclic) bond motifs is 1. The standard InChI is InChI=1S/C14H18F3N3O/c1-8-4-9(14(15,16)17)7-20(6-8)12-10-2-3-21-13(10)19-5-11(12)18/h5,8-9H,2-4,6-7,18H2,1H3/t8-,9+/m0/s1. The van der Waals surface area contributed by atoms with E-state index in [1.807, 2.05) is 6.92 Å². The molecule has 1 aromatic rings. The summed E-state index contributed by atoms with van der Waals surface area (Å²) in [7, 11) is 0. The molecule has 2 aliphatic heterocycles. The van der Waals surface area contributed by atoms with Crippen molar-refractivity contribution in [3.8, 4) is 5.88 Å². The fourth-order valence-electron chi connectivity index (χ4n) is 3.29. The van der Waals surface area contributed by atoms with Crippen LogP contribution in [0.25, 0.3) is 0 Å². The maximum absolute atomic E-state index is 13.1. The number of halogens is 3. The smallest absolute Gasteiger partial charge is 0.393 e. The molecule has 1 fully saturated rings. The number of hydrogen-bond acceptors (Lipinski definition) is 4. The predicted molar refractivity (Wildman–Crippen MR) is 73.4 cm³/mol. The Morgan fingerprint density at radius 3 is 2.86 bits per heavy atom. The van der Waals surface area contributed by atoms with Crippen LogP contribution < -0.4 is 15.4 Å². The van der Waals surface area contributed by atoms with Crippen LogP contribution in [0.15, 0.2) is 6.20 Å². The molecule has 2 atom stereocenters. The molecule has 116 valence electrons. The van der Waals surface area contributed by atoms with E-state index in [4.69, 9.17) is 10.5 Å². The number of ether oxygens (including phenoxy) is 1. The van der Waals surface area contributed by atoms with Crippen LogP contribution in [0.5, 0.6) is 5.88 Å². The van der Waals surface area contributed by atoms with E-state index < -0.39 is 12.1 Å². The van der Waals surface area contributed by atoms with Crippen LogP contribution in [0.4, 0.5) is 24.5 Å². The fourth-order valence-corrected chi connectivity index (χ4v) is 3.29. The minimum absolute atomic E-state index is 0.0316. The van der Waals surface area contributed by atoms with Gasteiger partial charge < -0.3 is 15.4 Å². The van der Waals surface area contributed by atoms with Crippen LogP contribution in [0, 0.1) is 11.8 Å². The van der Waals surface area contributed by atoms with E-state index >= 15 is 0 Å². The van der Waals surface area contributed by atoms with E-state index in [2.05, 4.69) is 4.98 Å². The molecular weight excluding hydrogens is 283 g/mol. The molecule has 0 amide bonds. The lowest BCUT2D eigenvalue weighted by atomic mass is 9.89. The molecule has 21 heavy (non-hydrogen) atoms. The normalized spacial score (nSPS) is 25.6. The Morgan fingerprint density at radius 1 is 1.38 bits per heavy atom. The van der Waals surface area contributed by atoms with Gasteiger partial charge in [-0.15, -0.1) is 0 Å². The van der Waals surface area contributed by atoms with Gasteiger partial charge in [-0.05, 0) is 12.3 Å². The molecule has 2 aliphatic rings. The summed E-state index contributed by atoms with van der Waals surface area (Å²) in [5.74, 6) is -0.844. The van der Waals surface area contributed by atoms with Gasteiger partial charge in [0.15, 0.2) is 0 Å². The number of nitrogens with two attached hydrogens (primary N) is 1. The van der Waals surface area contributed by atoms with E-state index in [9.17, 15) is 13.2 Å². The van der Waals surface area contributed by atoms with Crippen LogP contribution >= 0.6 is 0 Å². The summed E-state index contributed by atoms with van der Waals surface area (Å²) >= 11 is 0. The molecule has 7 heteroatoms. The Balaban J connectivity index is 1.95. The molecule has 0 aromatic carbocycles. The Labute approximate surface area is 121 Å². The molecular formula is C14H18F3N3O. The summed E-state index contributed by atoms with van der Waals surface area (Å²) in [6.45, 7) is 2.88. The Hall–Kier alpha value is -1.66. The quantitative estimate of drug-likeness (QED) is 0.866. The van der Waals surface area contributed by atoms with Gasteiger partial charge in [0.05, 0.1) is 30.1 Å². The summed E-state index contributed by atoms with van der Waals surface area (Å²) in [6, 6.07) is 0. The SMILES string of the molecule is C[C@H]1C[C@@H](C(F)(F)F)CN(c2c(N)cnc3c2CCO3)C1. The zero-order valence-electron chi connectivity index (χ0n) is 11.8. The molecule has 0 bridgehead atoms. The van der Waals surface area contributed by atoms with E-state index in [0.29, 0.717) is 36.8 Å². The lowest BCUT2D eigenvalue weighted by Crippen LogP contribution is -2.45. The van der Waals surface area contributed by atoms with Gasteiger partial charge in [-0.25, -0.2) is 4.98 Å². The maximum atomic E-state index is 13.1. The molecule has 0 spiro atoms. The number of alkyl halides is 3. The van der Waals surface area contributed by atoms with Crippen LogP contribution in [0.1, 0.15) is 18.9 Å². The largest absolute Gasteiger partial charge is 0.477 e. The van der Waals surface area contributed by atoms with E-state index in [1.54, 1.807) is 4.90 Å². The zero-order valence-corrected chi connectivity index (χ0v) is 11.8. The highest BCUT2D eigenvalue weighted by molar-refractivity contribution is 5.73. The molecule has 1 saturated heterocycles. The Morgan fingerprint density at radius 2 is 2.14 bits per heavy atom. The van der Waals surface area contributed by atoms with Gasteiger partial charge in [-0.3, -0.25) is 0 Å². The molecule has 0 radical (unpaired) electrons. The van der Waals surface area contributed by atoms with Crippen molar-refractivity contribution in [1.29, 1.82) is 0 Å². The van der Waals surface area contributed by atoms with Crippen molar-refractivity contribution in [3.63, 3.8) is 0 Å². The third-order valence-corrected chi connectivity index (χ3v) is 4.17. The minimum atomic E-state index is -4.17. The third kappa shape index (κ3) is 2.61. The molecule has 0 unspecified atom stereocenters. The first-order valence-electron chi connectivity index (χ1n) is 7.08. The highest BCUT2D eigenvalue weighted by atomic mass is 19.4. The highest BCUT2D eigenvalue weighted by Crippen LogP contribution is 2.42. The van der Waals surface area contributed by atoms with Crippen LogP contribution in [-0.2, 0) is 6.42 Å². The van der Waals surface area contributed by atoms with Crippen molar-refractivity contribution in [1.82, 2.24) is 4.98 Å². The number of piperidine rings is 1. The second-order valence-corrected chi connectivity index (χ2v) is 5.93. The fraction of sp³-hybridized carbons (Fsp3) is 0.643. The number of nitrogen functional groups attached to an aromatic ring is 1. The van der Waals surface area contributed by atoms with Gasteiger partial charge in [0.2, 0.25) is 5.88 Å².